The molecule has 1 fully saturated rings. The topological polar surface area (TPSA) is 35.0 Å². The molecule has 0 saturated heterocycles. The van der Waals surface area contributed by atoms with Gasteiger partial charge in [-0.05, 0) is 37.7 Å². The summed E-state index contributed by atoms with van der Waals surface area (Å²) in [6, 6.07) is 3.95. The van der Waals surface area contributed by atoms with Gasteiger partial charge >= 0.3 is 0 Å². The monoisotopic (exact) mass is 220 g/mol. The van der Waals surface area contributed by atoms with Crippen LogP contribution in [0.25, 0.3) is 0 Å². The van der Waals surface area contributed by atoms with E-state index in [1.165, 1.54) is 19.3 Å². The number of rotatable bonds is 3. The second-order valence-corrected chi connectivity index (χ2v) is 4.83. The highest BCUT2D eigenvalue weighted by atomic mass is 16.5. The highest BCUT2D eigenvalue weighted by Crippen LogP contribution is 2.22. The van der Waals surface area contributed by atoms with Gasteiger partial charge in [-0.25, -0.2) is 0 Å². The Morgan fingerprint density at radius 1 is 1.12 bits per heavy atom. The van der Waals surface area contributed by atoms with Gasteiger partial charge in [0.2, 0.25) is 5.88 Å². The normalized spacial score (nSPS) is 17.7. The van der Waals surface area contributed by atoms with E-state index in [1.54, 1.807) is 0 Å². The highest BCUT2D eigenvalue weighted by Gasteiger charge is 2.15. The van der Waals surface area contributed by atoms with Crippen LogP contribution in [0.2, 0.25) is 0 Å². The summed E-state index contributed by atoms with van der Waals surface area (Å²) in [6.07, 6.45) is 6.58. The molecule has 0 aromatic carbocycles. The SMILES string of the molecule is CC(C)c1ccc(OC2CCCCC2)nn1. The Labute approximate surface area is 97.2 Å². The molecular weight excluding hydrogens is 200 g/mol. The van der Waals surface area contributed by atoms with E-state index in [2.05, 4.69) is 24.0 Å². The van der Waals surface area contributed by atoms with Crippen LogP contribution in [0.3, 0.4) is 0 Å². The fraction of sp³-hybridized carbons (Fsp3) is 0.692. The fourth-order valence-corrected chi connectivity index (χ4v) is 2.05. The maximum Gasteiger partial charge on any atom is 0.233 e. The standard InChI is InChI=1S/C13H20N2O/c1-10(2)12-8-9-13(15-14-12)16-11-6-4-3-5-7-11/h8-11H,3-7H2,1-2H3. The molecule has 0 N–H and O–H groups in total. The molecule has 16 heavy (non-hydrogen) atoms. The van der Waals surface area contributed by atoms with Crippen molar-refractivity contribution in [3.05, 3.63) is 17.8 Å². The van der Waals surface area contributed by atoms with Crippen molar-refractivity contribution in [2.24, 2.45) is 0 Å². The Bertz CT molecular complexity index is 315. The molecule has 1 aromatic heterocycles. The minimum absolute atomic E-state index is 0.355. The van der Waals surface area contributed by atoms with Crippen LogP contribution >= 0.6 is 0 Å². The molecule has 0 spiro atoms. The first-order valence-electron chi connectivity index (χ1n) is 6.26. The molecular formula is C13H20N2O. The zero-order valence-electron chi connectivity index (χ0n) is 10.1. The number of ether oxygens (including phenoxy) is 1. The Kier molecular flexibility index (Phi) is 3.75. The van der Waals surface area contributed by atoms with Crippen molar-refractivity contribution in [1.82, 2.24) is 10.2 Å². The summed E-state index contributed by atoms with van der Waals surface area (Å²) in [6.45, 7) is 4.23. The van der Waals surface area contributed by atoms with Crippen LogP contribution in [0.5, 0.6) is 5.88 Å². The summed E-state index contributed by atoms with van der Waals surface area (Å²) in [5.41, 5.74) is 1.02. The van der Waals surface area contributed by atoms with Crippen molar-refractivity contribution in [3.63, 3.8) is 0 Å². The van der Waals surface area contributed by atoms with Crippen molar-refractivity contribution in [1.29, 1.82) is 0 Å². The fourth-order valence-electron chi connectivity index (χ4n) is 2.05. The third-order valence-corrected chi connectivity index (χ3v) is 3.09. The molecule has 1 aromatic rings. The van der Waals surface area contributed by atoms with Crippen LogP contribution in [-0.2, 0) is 0 Å². The molecule has 0 bridgehead atoms. The average Bonchev–Trinajstić information content (AvgIpc) is 2.31. The largest absolute Gasteiger partial charge is 0.473 e. The Morgan fingerprint density at radius 3 is 2.44 bits per heavy atom. The lowest BCUT2D eigenvalue weighted by atomic mass is 9.98. The van der Waals surface area contributed by atoms with Gasteiger partial charge in [-0.15, -0.1) is 5.10 Å². The lowest BCUT2D eigenvalue weighted by Crippen LogP contribution is -2.20. The van der Waals surface area contributed by atoms with Gasteiger partial charge in [0.15, 0.2) is 0 Å². The number of hydrogen-bond acceptors (Lipinski definition) is 3. The van der Waals surface area contributed by atoms with Gasteiger partial charge < -0.3 is 4.74 Å². The first-order valence-corrected chi connectivity index (χ1v) is 6.26. The van der Waals surface area contributed by atoms with Gasteiger partial charge in [0.25, 0.3) is 0 Å². The summed E-state index contributed by atoms with van der Waals surface area (Å²) in [7, 11) is 0. The van der Waals surface area contributed by atoms with Gasteiger partial charge in [0, 0.05) is 6.07 Å². The van der Waals surface area contributed by atoms with Crippen LogP contribution in [0.1, 0.15) is 57.6 Å². The second-order valence-electron chi connectivity index (χ2n) is 4.83. The minimum atomic E-state index is 0.355. The number of nitrogens with zero attached hydrogens (tertiary/aromatic N) is 2. The predicted octanol–water partition coefficient (Wildman–Crippen LogP) is 3.31. The van der Waals surface area contributed by atoms with Crippen molar-refractivity contribution < 1.29 is 4.74 Å². The summed E-state index contributed by atoms with van der Waals surface area (Å²) in [5, 5.41) is 8.29. The van der Waals surface area contributed by atoms with Crippen LogP contribution in [-0.4, -0.2) is 16.3 Å². The molecule has 0 amide bonds. The van der Waals surface area contributed by atoms with Gasteiger partial charge in [-0.1, -0.05) is 20.3 Å². The predicted molar refractivity (Wildman–Crippen MR) is 63.6 cm³/mol. The maximum atomic E-state index is 5.82. The quantitative estimate of drug-likeness (QED) is 0.783. The van der Waals surface area contributed by atoms with E-state index >= 15 is 0 Å². The molecule has 1 aliphatic carbocycles. The first-order chi connectivity index (χ1) is 7.75. The molecule has 0 radical (unpaired) electrons. The van der Waals surface area contributed by atoms with Gasteiger partial charge in [0.05, 0.1) is 5.69 Å². The van der Waals surface area contributed by atoms with Crippen molar-refractivity contribution >= 4 is 0 Å². The highest BCUT2D eigenvalue weighted by molar-refractivity contribution is 5.13. The van der Waals surface area contributed by atoms with Gasteiger partial charge in [-0.3, -0.25) is 0 Å². The lowest BCUT2D eigenvalue weighted by Gasteiger charge is -2.22. The number of hydrogen-bond donors (Lipinski definition) is 0. The summed E-state index contributed by atoms with van der Waals surface area (Å²) >= 11 is 0. The molecule has 1 saturated carbocycles. The third-order valence-electron chi connectivity index (χ3n) is 3.09. The first kappa shape index (κ1) is 11.4. The Morgan fingerprint density at radius 2 is 1.88 bits per heavy atom. The number of aromatic nitrogens is 2. The molecule has 3 nitrogen and oxygen atoms in total. The summed E-state index contributed by atoms with van der Waals surface area (Å²) in [4.78, 5) is 0. The molecule has 3 heteroatoms. The van der Waals surface area contributed by atoms with E-state index in [9.17, 15) is 0 Å². The van der Waals surface area contributed by atoms with Crippen LogP contribution in [0, 0.1) is 0 Å². The van der Waals surface area contributed by atoms with E-state index in [-0.39, 0.29) is 0 Å². The lowest BCUT2D eigenvalue weighted by molar-refractivity contribution is 0.147. The van der Waals surface area contributed by atoms with Crippen LogP contribution in [0.4, 0.5) is 0 Å². The Balaban J connectivity index is 1.93. The van der Waals surface area contributed by atoms with Crippen molar-refractivity contribution in [2.45, 2.75) is 58.0 Å². The minimum Gasteiger partial charge on any atom is -0.473 e. The van der Waals surface area contributed by atoms with E-state index in [0.29, 0.717) is 17.9 Å². The molecule has 0 aliphatic heterocycles. The van der Waals surface area contributed by atoms with Crippen LogP contribution in [0.15, 0.2) is 12.1 Å². The van der Waals surface area contributed by atoms with Crippen molar-refractivity contribution in [2.75, 3.05) is 0 Å². The summed E-state index contributed by atoms with van der Waals surface area (Å²) in [5.74, 6) is 1.10. The zero-order chi connectivity index (χ0) is 11.4. The second kappa shape index (κ2) is 5.28. The molecule has 0 unspecified atom stereocenters. The van der Waals surface area contributed by atoms with Gasteiger partial charge in [-0.2, -0.15) is 5.10 Å². The third kappa shape index (κ3) is 2.94. The molecule has 88 valence electrons. The molecule has 0 atom stereocenters. The van der Waals surface area contributed by atoms with E-state index in [1.807, 2.05) is 12.1 Å². The average molecular weight is 220 g/mol. The van der Waals surface area contributed by atoms with E-state index < -0.39 is 0 Å². The van der Waals surface area contributed by atoms with Crippen molar-refractivity contribution in [3.8, 4) is 5.88 Å². The summed E-state index contributed by atoms with van der Waals surface area (Å²) < 4.78 is 5.82. The molecule has 2 rings (SSSR count). The Hall–Kier alpha value is -1.12. The van der Waals surface area contributed by atoms with Gasteiger partial charge in [0.1, 0.15) is 6.10 Å². The maximum absolute atomic E-state index is 5.82. The zero-order valence-corrected chi connectivity index (χ0v) is 10.1. The van der Waals surface area contributed by atoms with E-state index in [0.717, 1.165) is 18.5 Å². The smallest absolute Gasteiger partial charge is 0.233 e. The van der Waals surface area contributed by atoms with Crippen LogP contribution < -0.4 is 4.74 Å². The van der Waals surface area contributed by atoms with E-state index in [4.69, 9.17) is 4.74 Å². The molecule has 1 aliphatic rings. The molecule has 1 heterocycles.